The summed E-state index contributed by atoms with van der Waals surface area (Å²) in [7, 11) is 4.39. The van der Waals surface area contributed by atoms with Crippen LogP contribution in [0.2, 0.25) is 0 Å². The van der Waals surface area contributed by atoms with E-state index in [0.717, 1.165) is 0 Å². The van der Waals surface area contributed by atoms with Gasteiger partial charge in [-0.05, 0) is 30.3 Å². The van der Waals surface area contributed by atoms with Crippen LogP contribution in [0.3, 0.4) is 0 Å². The van der Waals surface area contributed by atoms with Crippen molar-refractivity contribution in [3.63, 3.8) is 0 Å². The number of aromatic nitrogens is 2. The standard InChI is InChI=1S/C20H20F3N3O4/c1-27-12-4-6-13(7-5-12)30-9-8-24-18-14-10-16(28-2)17(29-3)11-15(14)25-19(26-18)20(21,22)23/h4-7,10-11H,8-9H2,1-3H3,(H,24,25,26). The lowest BCUT2D eigenvalue weighted by molar-refractivity contribution is -0.144. The SMILES string of the molecule is COc1ccc(OCCNc2nc(C(F)(F)F)nc3cc(OC)c(OC)cc23)cc1. The minimum Gasteiger partial charge on any atom is -0.497 e. The predicted molar refractivity (Wildman–Crippen MR) is 105 cm³/mol. The smallest absolute Gasteiger partial charge is 0.451 e. The number of fused-ring (bicyclic) bond motifs is 1. The summed E-state index contributed by atoms with van der Waals surface area (Å²) in [5.41, 5.74) is 0.0774. The van der Waals surface area contributed by atoms with Gasteiger partial charge in [-0.3, -0.25) is 0 Å². The third-order valence-electron chi connectivity index (χ3n) is 4.18. The normalized spacial score (nSPS) is 11.3. The molecule has 1 N–H and O–H groups in total. The zero-order chi connectivity index (χ0) is 21.7. The molecule has 0 aliphatic heterocycles. The van der Waals surface area contributed by atoms with Crippen molar-refractivity contribution < 1.29 is 32.1 Å². The third kappa shape index (κ3) is 4.76. The predicted octanol–water partition coefficient (Wildman–Crippen LogP) is 4.17. The van der Waals surface area contributed by atoms with Crippen LogP contribution in [0.5, 0.6) is 23.0 Å². The minimum absolute atomic E-state index is 0.0200. The quantitative estimate of drug-likeness (QED) is 0.545. The number of methoxy groups -OCH3 is 3. The number of alkyl halides is 3. The maximum atomic E-state index is 13.3. The van der Waals surface area contributed by atoms with Crippen molar-refractivity contribution in [1.82, 2.24) is 9.97 Å². The molecule has 0 amide bonds. The molecule has 30 heavy (non-hydrogen) atoms. The van der Waals surface area contributed by atoms with Crippen LogP contribution in [0.1, 0.15) is 5.82 Å². The Bertz CT molecular complexity index is 1010. The fourth-order valence-corrected chi connectivity index (χ4v) is 2.73. The fraction of sp³-hybridized carbons (Fsp3) is 0.300. The zero-order valence-electron chi connectivity index (χ0n) is 16.5. The summed E-state index contributed by atoms with van der Waals surface area (Å²) in [5, 5.41) is 3.25. The van der Waals surface area contributed by atoms with Crippen LogP contribution >= 0.6 is 0 Å². The van der Waals surface area contributed by atoms with Gasteiger partial charge in [-0.2, -0.15) is 13.2 Å². The summed E-state index contributed by atoms with van der Waals surface area (Å²) in [6, 6.07) is 9.87. The van der Waals surface area contributed by atoms with Gasteiger partial charge in [-0.25, -0.2) is 9.97 Å². The molecule has 0 aliphatic rings. The monoisotopic (exact) mass is 423 g/mol. The Morgan fingerprint density at radius 3 is 2.10 bits per heavy atom. The number of benzene rings is 2. The molecular weight excluding hydrogens is 403 g/mol. The molecule has 7 nitrogen and oxygen atoms in total. The number of nitrogens with zero attached hydrogens (tertiary/aromatic N) is 2. The van der Waals surface area contributed by atoms with Crippen LogP contribution in [-0.4, -0.2) is 44.4 Å². The van der Waals surface area contributed by atoms with Gasteiger partial charge in [0.1, 0.15) is 23.9 Å². The van der Waals surface area contributed by atoms with Crippen molar-refractivity contribution >= 4 is 16.7 Å². The van der Waals surface area contributed by atoms with Crippen LogP contribution in [0.25, 0.3) is 10.9 Å². The second-order valence-corrected chi connectivity index (χ2v) is 6.07. The molecule has 0 fully saturated rings. The zero-order valence-corrected chi connectivity index (χ0v) is 16.5. The highest BCUT2D eigenvalue weighted by Crippen LogP contribution is 2.36. The Morgan fingerprint density at radius 1 is 0.867 bits per heavy atom. The van der Waals surface area contributed by atoms with Crippen LogP contribution in [0.4, 0.5) is 19.0 Å². The number of nitrogens with one attached hydrogen (secondary N) is 1. The topological polar surface area (TPSA) is 74.7 Å². The molecule has 0 atom stereocenters. The average Bonchev–Trinajstić information content (AvgIpc) is 2.75. The van der Waals surface area contributed by atoms with E-state index in [0.29, 0.717) is 22.6 Å². The van der Waals surface area contributed by atoms with E-state index >= 15 is 0 Å². The van der Waals surface area contributed by atoms with Crippen molar-refractivity contribution in [2.75, 3.05) is 39.8 Å². The summed E-state index contributed by atoms with van der Waals surface area (Å²) in [5.74, 6) is 0.688. The summed E-state index contributed by atoms with van der Waals surface area (Å²) < 4.78 is 60.8. The van der Waals surface area contributed by atoms with Gasteiger partial charge in [0.2, 0.25) is 5.82 Å². The first-order valence-electron chi connectivity index (χ1n) is 8.87. The number of rotatable bonds is 8. The van der Waals surface area contributed by atoms with E-state index in [-0.39, 0.29) is 30.2 Å². The number of hydrogen-bond donors (Lipinski definition) is 1. The molecule has 160 valence electrons. The first kappa shape index (κ1) is 21.3. The molecule has 0 radical (unpaired) electrons. The summed E-state index contributed by atoms with van der Waals surface area (Å²) in [4.78, 5) is 7.28. The highest BCUT2D eigenvalue weighted by Gasteiger charge is 2.35. The molecule has 2 aromatic carbocycles. The first-order chi connectivity index (χ1) is 14.4. The van der Waals surface area contributed by atoms with E-state index in [2.05, 4.69) is 15.3 Å². The van der Waals surface area contributed by atoms with Crippen LogP contribution in [0.15, 0.2) is 36.4 Å². The number of halogens is 3. The highest BCUT2D eigenvalue weighted by molar-refractivity contribution is 5.91. The number of hydrogen-bond acceptors (Lipinski definition) is 7. The Hall–Kier alpha value is -3.43. The Kier molecular flexibility index (Phi) is 6.34. The fourth-order valence-electron chi connectivity index (χ4n) is 2.73. The maximum Gasteiger partial charge on any atom is 0.451 e. The van der Waals surface area contributed by atoms with E-state index in [1.54, 1.807) is 31.4 Å². The van der Waals surface area contributed by atoms with Crippen LogP contribution < -0.4 is 24.3 Å². The molecule has 0 saturated carbocycles. The van der Waals surface area contributed by atoms with E-state index in [1.807, 2.05) is 0 Å². The molecular formula is C20H20F3N3O4. The van der Waals surface area contributed by atoms with Crippen molar-refractivity contribution in [2.24, 2.45) is 0 Å². The molecule has 3 aromatic rings. The third-order valence-corrected chi connectivity index (χ3v) is 4.18. The second-order valence-electron chi connectivity index (χ2n) is 6.07. The van der Waals surface area contributed by atoms with Crippen LogP contribution in [-0.2, 0) is 6.18 Å². The van der Waals surface area contributed by atoms with Gasteiger partial charge in [0.05, 0.1) is 33.4 Å². The van der Waals surface area contributed by atoms with Gasteiger partial charge in [-0.15, -0.1) is 0 Å². The van der Waals surface area contributed by atoms with Gasteiger partial charge in [-0.1, -0.05) is 0 Å². The van der Waals surface area contributed by atoms with Crippen molar-refractivity contribution in [1.29, 1.82) is 0 Å². The first-order valence-corrected chi connectivity index (χ1v) is 8.87. The van der Waals surface area contributed by atoms with E-state index in [1.165, 1.54) is 26.4 Å². The molecule has 0 bridgehead atoms. The van der Waals surface area contributed by atoms with Crippen molar-refractivity contribution in [2.45, 2.75) is 6.18 Å². The molecule has 0 aliphatic carbocycles. The summed E-state index contributed by atoms with van der Waals surface area (Å²) in [6.45, 7) is 0.413. The molecule has 3 rings (SSSR count). The highest BCUT2D eigenvalue weighted by atomic mass is 19.4. The van der Waals surface area contributed by atoms with Gasteiger partial charge in [0.15, 0.2) is 11.5 Å². The average molecular weight is 423 g/mol. The lowest BCUT2D eigenvalue weighted by Crippen LogP contribution is -2.16. The molecule has 0 spiro atoms. The Balaban J connectivity index is 1.83. The summed E-state index contributed by atoms with van der Waals surface area (Å²) >= 11 is 0. The van der Waals surface area contributed by atoms with E-state index in [4.69, 9.17) is 18.9 Å². The number of ether oxygens (including phenoxy) is 4. The molecule has 0 saturated heterocycles. The van der Waals surface area contributed by atoms with Crippen molar-refractivity contribution in [3.8, 4) is 23.0 Å². The van der Waals surface area contributed by atoms with E-state index in [9.17, 15) is 13.2 Å². The van der Waals surface area contributed by atoms with Gasteiger partial charge < -0.3 is 24.3 Å². The van der Waals surface area contributed by atoms with Crippen molar-refractivity contribution in [3.05, 3.63) is 42.2 Å². The second kappa shape index (κ2) is 8.93. The van der Waals surface area contributed by atoms with Gasteiger partial charge in [0, 0.05) is 11.5 Å². The lowest BCUT2D eigenvalue weighted by atomic mass is 10.2. The van der Waals surface area contributed by atoms with Gasteiger partial charge in [0.25, 0.3) is 0 Å². The number of anilines is 1. The Labute approximate surface area is 170 Å². The van der Waals surface area contributed by atoms with Gasteiger partial charge >= 0.3 is 6.18 Å². The molecule has 10 heteroatoms. The molecule has 0 unspecified atom stereocenters. The van der Waals surface area contributed by atoms with E-state index < -0.39 is 12.0 Å². The largest absolute Gasteiger partial charge is 0.497 e. The summed E-state index contributed by atoms with van der Waals surface area (Å²) in [6.07, 6.45) is -4.70. The lowest BCUT2D eigenvalue weighted by Gasteiger charge is -2.15. The molecule has 1 aromatic heterocycles. The maximum absolute atomic E-state index is 13.3. The minimum atomic E-state index is -4.70. The molecule has 1 heterocycles. The van der Waals surface area contributed by atoms with Crippen LogP contribution in [0, 0.1) is 0 Å². The Morgan fingerprint density at radius 2 is 1.50 bits per heavy atom.